The molecule has 1 atom stereocenters. The zero-order valence-electron chi connectivity index (χ0n) is 16.0. The van der Waals surface area contributed by atoms with Crippen molar-refractivity contribution in [3.05, 3.63) is 46.5 Å². The number of amides is 1. The van der Waals surface area contributed by atoms with Gasteiger partial charge in [0, 0.05) is 23.4 Å². The van der Waals surface area contributed by atoms with Gasteiger partial charge in [-0.25, -0.2) is 0 Å². The molecule has 0 aliphatic carbocycles. The third-order valence-corrected chi connectivity index (χ3v) is 7.05. The van der Waals surface area contributed by atoms with Crippen molar-refractivity contribution in [2.45, 2.75) is 57.5 Å². The maximum atomic E-state index is 13.2. The quantitative estimate of drug-likeness (QED) is 0.730. The second kappa shape index (κ2) is 9.07. The van der Waals surface area contributed by atoms with Crippen LogP contribution in [0.4, 0.5) is 0 Å². The van der Waals surface area contributed by atoms with E-state index < -0.39 is 0 Å². The molecule has 4 rings (SSSR count). The number of aryl methyl sites for hydroxylation is 1. The van der Waals surface area contributed by atoms with Gasteiger partial charge < -0.3 is 9.32 Å². The van der Waals surface area contributed by atoms with Crippen molar-refractivity contribution in [2.75, 3.05) is 19.6 Å². The van der Waals surface area contributed by atoms with E-state index in [1.165, 1.54) is 24.1 Å². The second-order valence-corrected chi connectivity index (χ2v) is 8.96. The molecular weight excluding hydrogens is 356 g/mol. The molecule has 2 saturated heterocycles. The first-order valence-electron chi connectivity index (χ1n) is 10.4. The molecule has 4 nitrogen and oxygen atoms in total. The Morgan fingerprint density at radius 1 is 1.11 bits per heavy atom. The van der Waals surface area contributed by atoms with Crippen molar-refractivity contribution in [1.29, 1.82) is 0 Å². The average Bonchev–Trinajstić information content (AvgIpc) is 3.41. The topological polar surface area (TPSA) is 36.7 Å². The Bertz CT molecular complexity index is 690. The summed E-state index contributed by atoms with van der Waals surface area (Å²) in [6.45, 7) is 3.80. The number of rotatable bonds is 6. The van der Waals surface area contributed by atoms with Crippen LogP contribution in [0.3, 0.4) is 0 Å². The minimum Gasteiger partial charge on any atom is -0.468 e. The summed E-state index contributed by atoms with van der Waals surface area (Å²) < 4.78 is 5.46. The number of carbonyl (C=O) groups excluding carboxylic acids is 1. The lowest BCUT2D eigenvalue weighted by Crippen LogP contribution is -2.48. The Labute approximate surface area is 166 Å². The van der Waals surface area contributed by atoms with E-state index in [0.717, 1.165) is 57.6 Å². The lowest BCUT2D eigenvalue weighted by molar-refractivity contribution is -0.141. The summed E-state index contributed by atoms with van der Waals surface area (Å²) in [4.78, 5) is 19.3. The Balaban J connectivity index is 1.29. The number of carbonyl (C=O) groups is 1. The summed E-state index contributed by atoms with van der Waals surface area (Å²) >= 11 is 1.83. The first-order chi connectivity index (χ1) is 13.3. The standard InChI is InChI=1S/C22H30N2O2S/c25-22(18-10-13-23(14-11-18)17-20-6-3-15-26-20)24-12-2-1-5-19(24)8-9-21-7-4-16-27-21/h3-4,6-7,15-16,18-19H,1-2,5,8-14,17H2/t19-/m0/s1. The molecule has 2 fully saturated rings. The SMILES string of the molecule is O=C(C1CCN(Cc2ccco2)CC1)N1CCCC[C@H]1CCc1cccs1. The smallest absolute Gasteiger partial charge is 0.226 e. The van der Waals surface area contributed by atoms with Crippen molar-refractivity contribution in [2.24, 2.45) is 5.92 Å². The lowest BCUT2D eigenvalue weighted by atomic mass is 9.91. The van der Waals surface area contributed by atoms with Gasteiger partial charge >= 0.3 is 0 Å². The number of hydrogen-bond donors (Lipinski definition) is 0. The zero-order chi connectivity index (χ0) is 18.5. The number of thiophene rings is 1. The van der Waals surface area contributed by atoms with Gasteiger partial charge in [-0.3, -0.25) is 9.69 Å². The van der Waals surface area contributed by atoms with Crippen LogP contribution in [0.1, 0.15) is 49.2 Å². The molecule has 2 aliphatic rings. The molecule has 0 spiro atoms. The molecule has 146 valence electrons. The van der Waals surface area contributed by atoms with E-state index in [9.17, 15) is 4.79 Å². The highest BCUT2D eigenvalue weighted by Crippen LogP contribution is 2.28. The maximum absolute atomic E-state index is 13.2. The predicted octanol–water partition coefficient (Wildman–Crippen LogP) is 4.57. The zero-order valence-corrected chi connectivity index (χ0v) is 16.8. The summed E-state index contributed by atoms with van der Waals surface area (Å²) in [6, 6.07) is 8.75. The van der Waals surface area contributed by atoms with Gasteiger partial charge in [0.05, 0.1) is 12.8 Å². The molecular formula is C22H30N2O2S. The molecule has 0 aromatic carbocycles. The Kier molecular flexibility index (Phi) is 6.30. The number of piperidine rings is 2. The van der Waals surface area contributed by atoms with Gasteiger partial charge in [-0.1, -0.05) is 6.07 Å². The number of hydrogen-bond acceptors (Lipinski definition) is 4. The average molecular weight is 387 g/mol. The van der Waals surface area contributed by atoms with Crippen molar-refractivity contribution < 1.29 is 9.21 Å². The molecule has 0 radical (unpaired) electrons. The normalized spacial score (nSPS) is 22.2. The monoisotopic (exact) mass is 386 g/mol. The van der Waals surface area contributed by atoms with Gasteiger partial charge in [0.15, 0.2) is 0 Å². The predicted molar refractivity (Wildman–Crippen MR) is 109 cm³/mol. The fourth-order valence-corrected chi connectivity index (χ4v) is 5.27. The second-order valence-electron chi connectivity index (χ2n) is 7.93. The minimum absolute atomic E-state index is 0.209. The Morgan fingerprint density at radius 3 is 2.74 bits per heavy atom. The first kappa shape index (κ1) is 18.8. The van der Waals surface area contributed by atoms with E-state index in [1.54, 1.807) is 6.26 Å². The molecule has 5 heteroatoms. The van der Waals surface area contributed by atoms with E-state index in [4.69, 9.17) is 4.42 Å². The van der Waals surface area contributed by atoms with E-state index in [1.807, 2.05) is 23.5 Å². The Morgan fingerprint density at radius 2 is 2.00 bits per heavy atom. The van der Waals surface area contributed by atoms with Gasteiger partial charge in [0.2, 0.25) is 5.91 Å². The lowest BCUT2D eigenvalue weighted by Gasteiger charge is -2.40. The van der Waals surface area contributed by atoms with Crippen molar-refractivity contribution in [1.82, 2.24) is 9.80 Å². The van der Waals surface area contributed by atoms with Crippen LogP contribution in [0.5, 0.6) is 0 Å². The molecule has 0 bridgehead atoms. The van der Waals surface area contributed by atoms with Crippen LogP contribution in [0.15, 0.2) is 40.3 Å². The summed E-state index contributed by atoms with van der Waals surface area (Å²) in [5, 5.41) is 2.15. The van der Waals surface area contributed by atoms with E-state index in [-0.39, 0.29) is 5.92 Å². The van der Waals surface area contributed by atoms with Crippen molar-refractivity contribution in [3.8, 4) is 0 Å². The van der Waals surface area contributed by atoms with Crippen molar-refractivity contribution >= 4 is 17.2 Å². The fourth-order valence-electron chi connectivity index (χ4n) is 4.55. The van der Waals surface area contributed by atoms with E-state index in [0.29, 0.717) is 11.9 Å². The van der Waals surface area contributed by atoms with Crippen LogP contribution in [0.25, 0.3) is 0 Å². The van der Waals surface area contributed by atoms with Gasteiger partial charge in [-0.15, -0.1) is 11.3 Å². The third kappa shape index (κ3) is 4.82. The number of likely N-dealkylation sites (tertiary alicyclic amines) is 2. The molecule has 1 amide bonds. The van der Waals surface area contributed by atoms with Crippen LogP contribution in [0.2, 0.25) is 0 Å². The molecule has 4 heterocycles. The van der Waals surface area contributed by atoms with Gasteiger partial charge in [-0.05, 0) is 81.6 Å². The molecule has 27 heavy (non-hydrogen) atoms. The molecule has 0 unspecified atom stereocenters. The minimum atomic E-state index is 0.209. The summed E-state index contributed by atoms with van der Waals surface area (Å²) in [5.41, 5.74) is 0. The first-order valence-corrected chi connectivity index (χ1v) is 11.2. The van der Waals surface area contributed by atoms with Gasteiger partial charge in [0.1, 0.15) is 5.76 Å². The molecule has 0 saturated carbocycles. The van der Waals surface area contributed by atoms with Crippen LogP contribution in [-0.2, 0) is 17.8 Å². The van der Waals surface area contributed by atoms with Crippen LogP contribution in [-0.4, -0.2) is 41.4 Å². The summed E-state index contributed by atoms with van der Waals surface area (Å²) in [5.74, 6) is 1.65. The van der Waals surface area contributed by atoms with E-state index >= 15 is 0 Å². The molecule has 2 aliphatic heterocycles. The number of furan rings is 1. The van der Waals surface area contributed by atoms with Gasteiger partial charge in [0.25, 0.3) is 0 Å². The van der Waals surface area contributed by atoms with Crippen LogP contribution >= 0.6 is 11.3 Å². The van der Waals surface area contributed by atoms with Crippen LogP contribution < -0.4 is 0 Å². The summed E-state index contributed by atoms with van der Waals surface area (Å²) in [6.07, 6.45) is 9.52. The highest BCUT2D eigenvalue weighted by molar-refractivity contribution is 7.09. The number of nitrogens with zero attached hydrogens (tertiary/aromatic N) is 2. The molecule has 0 N–H and O–H groups in total. The van der Waals surface area contributed by atoms with Crippen molar-refractivity contribution in [3.63, 3.8) is 0 Å². The third-order valence-electron chi connectivity index (χ3n) is 6.11. The van der Waals surface area contributed by atoms with E-state index in [2.05, 4.69) is 27.3 Å². The largest absolute Gasteiger partial charge is 0.468 e. The van der Waals surface area contributed by atoms with Crippen LogP contribution in [0, 0.1) is 5.92 Å². The Hall–Kier alpha value is -1.59. The maximum Gasteiger partial charge on any atom is 0.226 e. The summed E-state index contributed by atoms with van der Waals surface area (Å²) in [7, 11) is 0. The molecule has 2 aromatic heterocycles. The molecule has 2 aromatic rings. The highest BCUT2D eigenvalue weighted by Gasteiger charge is 2.33. The van der Waals surface area contributed by atoms with Gasteiger partial charge in [-0.2, -0.15) is 0 Å². The highest BCUT2D eigenvalue weighted by atomic mass is 32.1. The fraction of sp³-hybridized carbons (Fsp3) is 0.591.